The topological polar surface area (TPSA) is 63.7 Å². The molecule has 2 aliphatic rings. The number of likely N-dealkylation sites (tertiary alicyclic amines) is 1. The number of nitrogens with one attached hydrogen (secondary N) is 1. The summed E-state index contributed by atoms with van der Waals surface area (Å²) in [4.78, 5) is 18.5. The number of rotatable bonds is 4. The summed E-state index contributed by atoms with van der Waals surface area (Å²) in [7, 11) is 1.71. The number of carbonyl (C=O) groups is 1. The van der Waals surface area contributed by atoms with Gasteiger partial charge in [0.1, 0.15) is 11.1 Å². The quantitative estimate of drug-likeness (QED) is 0.887. The highest BCUT2D eigenvalue weighted by Crippen LogP contribution is 2.27. The monoisotopic (exact) mass is 367 g/mol. The number of urea groups is 1. The van der Waals surface area contributed by atoms with E-state index in [4.69, 9.17) is 21.1 Å². The molecule has 6 nitrogen and oxygen atoms in total. The Labute approximate surface area is 153 Å². The first-order valence-corrected chi connectivity index (χ1v) is 9.39. The van der Waals surface area contributed by atoms with Crippen LogP contribution in [-0.4, -0.2) is 54.4 Å². The number of pyridine rings is 1. The average molecular weight is 368 g/mol. The molecule has 1 aromatic rings. The summed E-state index contributed by atoms with van der Waals surface area (Å²) >= 11 is 6.09. The van der Waals surface area contributed by atoms with Crippen molar-refractivity contribution < 1.29 is 14.3 Å². The molecule has 25 heavy (non-hydrogen) atoms. The summed E-state index contributed by atoms with van der Waals surface area (Å²) in [6.07, 6.45) is 7.55. The predicted molar refractivity (Wildman–Crippen MR) is 96.1 cm³/mol. The molecule has 3 rings (SSSR count). The SMILES string of the molecule is COC1CCCN(C(=O)NC2CCC(Oc3ncccc3Cl)CC2)C1. The molecule has 0 radical (unpaired) electrons. The molecule has 2 fully saturated rings. The maximum atomic E-state index is 12.4. The first-order chi connectivity index (χ1) is 12.2. The van der Waals surface area contributed by atoms with E-state index in [1.54, 1.807) is 25.4 Å². The van der Waals surface area contributed by atoms with Crippen molar-refractivity contribution in [3.63, 3.8) is 0 Å². The van der Waals surface area contributed by atoms with Crippen LogP contribution in [-0.2, 0) is 4.74 Å². The fourth-order valence-corrected chi connectivity index (χ4v) is 3.69. The third-order valence-electron chi connectivity index (χ3n) is 5.00. The van der Waals surface area contributed by atoms with Crippen LogP contribution < -0.4 is 10.1 Å². The van der Waals surface area contributed by atoms with E-state index in [0.717, 1.165) is 45.1 Å². The highest BCUT2D eigenvalue weighted by Gasteiger charge is 2.28. The number of hydrogen-bond acceptors (Lipinski definition) is 4. The van der Waals surface area contributed by atoms with E-state index in [1.165, 1.54) is 0 Å². The summed E-state index contributed by atoms with van der Waals surface area (Å²) in [5, 5.41) is 3.70. The van der Waals surface area contributed by atoms with Gasteiger partial charge in [-0.1, -0.05) is 11.6 Å². The Kier molecular flexibility index (Phi) is 6.37. The van der Waals surface area contributed by atoms with E-state index in [0.29, 0.717) is 17.4 Å². The van der Waals surface area contributed by atoms with Gasteiger partial charge in [-0.05, 0) is 50.7 Å². The number of halogens is 1. The highest BCUT2D eigenvalue weighted by molar-refractivity contribution is 6.31. The number of nitrogens with zero attached hydrogens (tertiary/aromatic N) is 2. The number of ether oxygens (including phenoxy) is 2. The summed E-state index contributed by atoms with van der Waals surface area (Å²) < 4.78 is 11.3. The van der Waals surface area contributed by atoms with Crippen LogP contribution in [0.2, 0.25) is 5.02 Å². The lowest BCUT2D eigenvalue weighted by Crippen LogP contribution is -2.51. The largest absolute Gasteiger partial charge is 0.473 e. The molecule has 7 heteroatoms. The predicted octanol–water partition coefficient (Wildman–Crippen LogP) is 3.25. The Morgan fingerprint density at radius 3 is 2.80 bits per heavy atom. The minimum Gasteiger partial charge on any atom is -0.473 e. The van der Waals surface area contributed by atoms with Crippen molar-refractivity contribution in [1.82, 2.24) is 15.2 Å². The molecule has 1 aliphatic heterocycles. The van der Waals surface area contributed by atoms with E-state index in [1.807, 2.05) is 4.90 Å². The Bertz CT molecular complexity index is 578. The molecule has 0 spiro atoms. The zero-order valence-corrected chi connectivity index (χ0v) is 15.4. The summed E-state index contributed by atoms with van der Waals surface area (Å²) in [5.41, 5.74) is 0. The molecule has 0 aromatic carbocycles. The van der Waals surface area contributed by atoms with Gasteiger partial charge in [0.15, 0.2) is 0 Å². The average Bonchev–Trinajstić information content (AvgIpc) is 2.65. The number of hydrogen-bond donors (Lipinski definition) is 1. The molecule has 1 atom stereocenters. The van der Waals surface area contributed by atoms with E-state index in [2.05, 4.69) is 10.3 Å². The van der Waals surface area contributed by atoms with E-state index in [9.17, 15) is 4.79 Å². The molecular weight excluding hydrogens is 342 g/mol. The van der Waals surface area contributed by atoms with Crippen molar-refractivity contribution in [2.24, 2.45) is 0 Å². The Hall–Kier alpha value is -1.53. The first-order valence-electron chi connectivity index (χ1n) is 9.01. The van der Waals surface area contributed by atoms with Crippen LogP contribution in [0, 0.1) is 0 Å². The van der Waals surface area contributed by atoms with Gasteiger partial charge in [0.25, 0.3) is 0 Å². The summed E-state index contributed by atoms with van der Waals surface area (Å²) in [5.74, 6) is 0.496. The van der Waals surface area contributed by atoms with Crippen molar-refractivity contribution >= 4 is 17.6 Å². The Morgan fingerprint density at radius 2 is 2.08 bits per heavy atom. The van der Waals surface area contributed by atoms with Crippen LogP contribution in [0.25, 0.3) is 0 Å². The minimum atomic E-state index is 0.0267. The number of methoxy groups -OCH3 is 1. The second kappa shape index (κ2) is 8.72. The number of carbonyl (C=O) groups excluding carboxylic acids is 1. The molecular formula is C18H26ClN3O3. The molecule has 0 bridgehead atoms. The fraction of sp³-hybridized carbons (Fsp3) is 0.667. The second-order valence-electron chi connectivity index (χ2n) is 6.78. The van der Waals surface area contributed by atoms with Gasteiger partial charge < -0.3 is 19.7 Å². The van der Waals surface area contributed by atoms with Crippen LogP contribution in [0.3, 0.4) is 0 Å². The molecule has 1 unspecified atom stereocenters. The standard InChI is InChI=1S/C18H26ClN3O3/c1-24-15-4-3-11-22(12-15)18(23)21-13-6-8-14(9-7-13)25-17-16(19)5-2-10-20-17/h2,5,10,13-15H,3-4,6-9,11-12H2,1H3,(H,21,23). The van der Waals surface area contributed by atoms with Crippen molar-refractivity contribution in [3.05, 3.63) is 23.4 Å². The molecule has 1 saturated carbocycles. The molecule has 2 heterocycles. The Morgan fingerprint density at radius 1 is 1.28 bits per heavy atom. The van der Waals surface area contributed by atoms with E-state index in [-0.39, 0.29) is 24.3 Å². The zero-order valence-electron chi connectivity index (χ0n) is 14.6. The van der Waals surface area contributed by atoms with Crippen LogP contribution in [0.5, 0.6) is 5.88 Å². The van der Waals surface area contributed by atoms with E-state index < -0.39 is 0 Å². The maximum absolute atomic E-state index is 12.4. The minimum absolute atomic E-state index is 0.0267. The van der Waals surface area contributed by atoms with Gasteiger partial charge in [-0.2, -0.15) is 0 Å². The highest BCUT2D eigenvalue weighted by atomic mass is 35.5. The smallest absolute Gasteiger partial charge is 0.317 e. The normalized spacial score (nSPS) is 27.0. The summed E-state index contributed by atoms with van der Waals surface area (Å²) in [6.45, 7) is 1.49. The maximum Gasteiger partial charge on any atom is 0.317 e. The van der Waals surface area contributed by atoms with Crippen LogP contribution in [0.15, 0.2) is 18.3 Å². The molecule has 1 aliphatic carbocycles. The summed E-state index contributed by atoms with van der Waals surface area (Å²) in [6, 6.07) is 3.80. The molecule has 1 aromatic heterocycles. The third kappa shape index (κ3) is 4.98. The lowest BCUT2D eigenvalue weighted by molar-refractivity contribution is 0.0423. The van der Waals surface area contributed by atoms with Crippen LogP contribution in [0.4, 0.5) is 4.79 Å². The van der Waals surface area contributed by atoms with E-state index >= 15 is 0 Å². The fourth-order valence-electron chi connectivity index (χ4n) is 3.52. The lowest BCUT2D eigenvalue weighted by atomic mass is 9.93. The number of amides is 2. The van der Waals surface area contributed by atoms with Crippen molar-refractivity contribution in [1.29, 1.82) is 0 Å². The third-order valence-corrected chi connectivity index (χ3v) is 5.29. The zero-order chi connectivity index (χ0) is 17.6. The molecule has 138 valence electrons. The van der Waals surface area contributed by atoms with Gasteiger partial charge in [0.2, 0.25) is 5.88 Å². The van der Waals surface area contributed by atoms with Crippen LogP contribution >= 0.6 is 11.6 Å². The van der Waals surface area contributed by atoms with Gasteiger partial charge in [-0.15, -0.1) is 0 Å². The van der Waals surface area contributed by atoms with Gasteiger partial charge in [-0.25, -0.2) is 9.78 Å². The van der Waals surface area contributed by atoms with Crippen molar-refractivity contribution in [2.45, 2.75) is 56.8 Å². The van der Waals surface area contributed by atoms with Gasteiger partial charge in [0.05, 0.1) is 6.10 Å². The van der Waals surface area contributed by atoms with Crippen LogP contribution in [0.1, 0.15) is 38.5 Å². The van der Waals surface area contributed by atoms with Gasteiger partial charge in [0, 0.05) is 32.4 Å². The van der Waals surface area contributed by atoms with Gasteiger partial charge >= 0.3 is 6.03 Å². The second-order valence-corrected chi connectivity index (χ2v) is 7.18. The Balaban J connectivity index is 1.43. The lowest BCUT2D eigenvalue weighted by Gasteiger charge is -2.35. The first kappa shape index (κ1) is 18.3. The molecule has 2 amide bonds. The van der Waals surface area contributed by atoms with Crippen molar-refractivity contribution in [3.8, 4) is 5.88 Å². The van der Waals surface area contributed by atoms with Crippen molar-refractivity contribution in [2.75, 3.05) is 20.2 Å². The van der Waals surface area contributed by atoms with Gasteiger partial charge in [-0.3, -0.25) is 0 Å². The number of piperidine rings is 1. The molecule has 1 saturated heterocycles. The molecule has 1 N–H and O–H groups in total. The number of aromatic nitrogens is 1.